The lowest BCUT2D eigenvalue weighted by Crippen LogP contribution is -2.48. The minimum atomic E-state index is -2.37. The van der Waals surface area contributed by atoms with E-state index in [0.29, 0.717) is 19.2 Å². The zero-order chi connectivity index (χ0) is 13.6. The van der Waals surface area contributed by atoms with Gasteiger partial charge in [0.05, 0.1) is 12.2 Å². The number of nitrogens with one attached hydrogen (secondary N) is 1. The largest absolute Gasteiger partial charge is 0.375 e. The Labute approximate surface area is 114 Å². The molecule has 2 aliphatic rings. The first-order chi connectivity index (χ1) is 9.20. The van der Waals surface area contributed by atoms with Gasteiger partial charge < -0.3 is 14.8 Å². The maximum Gasteiger partial charge on any atom is 0.261 e. The van der Waals surface area contributed by atoms with Crippen molar-refractivity contribution in [1.29, 1.82) is 0 Å². The third-order valence-electron chi connectivity index (χ3n) is 4.18. The van der Waals surface area contributed by atoms with E-state index in [4.69, 9.17) is 9.47 Å². The molecule has 0 amide bonds. The average Bonchev–Trinajstić information content (AvgIpc) is 2.39. The normalized spacial score (nSPS) is 27.0. The third kappa shape index (κ3) is 4.97. The van der Waals surface area contributed by atoms with E-state index < -0.39 is 13.0 Å². The molecular weight excluding hydrogens is 252 g/mol. The Morgan fingerprint density at radius 1 is 1.26 bits per heavy atom. The van der Waals surface area contributed by atoms with Crippen LogP contribution >= 0.6 is 0 Å². The van der Waals surface area contributed by atoms with Crippen molar-refractivity contribution in [1.82, 2.24) is 5.32 Å². The van der Waals surface area contributed by atoms with E-state index in [-0.39, 0.29) is 5.60 Å². The molecular formula is C14H25F2NO2. The van der Waals surface area contributed by atoms with Gasteiger partial charge >= 0.3 is 0 Å². The Morgan fingerprint density at radius 2 is 2.05 bits per heavy atom. The standard InChI is InChI=1S/C14H25F2NO2/c15-13(16)11-18-9-7-17-12-4-8-19-14(10-12)5-2-1-3-6-14/h12-13,17H,1-11H2. The van der Waals surface area contributed by atoms with Gasteiger partial charge in [-0.3, -0.25) is 0 Å². The maximum atomic E-state index is 11.9. The van der Waals surface area contributed by atoms with Crippen LogP contribution in [-0.4, -0.2) is 44.4 Å². The molecule has 1 aliphatic carbocycles. The summed E-state index contributed by atoms with van der Waals surface area (Å²) in [7, 11) is 0. The van der Waals surface area contributed by atoms with E-state index in [1.54, 1.807) is 0 Å². The van der Waals surface area contributed by atoms with Crippen LogP contribution in [0.4, 0.5) is 8.78 Å². The Hall–Kier alpha value is -0.260. The summed E-state index contributed by atoms with van der Waals surface area (Å²) in [6.45, 7) is 1.36. The van der Waals surface area contributed by atoms with Gasteiger partial charge in [-0.2, -0.15) is 0 Å². The van der Waals surface area contributed by atoms with E-state index in [1.807, 2.05) is 0 Å². The molecule has 2 rings (SSSR count). The highest BCUT2D eigenvalue weighted by Gasteiger charge is 2.38. The summed E-state index contributed by atoms with van der Waals surface area (Å²) < 4.78 is 34.7. The molecule has 1 saturated carbocycles. The van der Waals surface area contributed by atoms with Crippen molar-refractivity contribution >= 4 is 0 Å². The lowest BCUT2D eigenvalue weighted by molar-refractivity contribution is -0.109. The van der Waals surface area contributed by atoms with Crippen LogP contribution in [0.15, 0.2) is 0 Å². The molecule has 112 valence electrons. The molecule has 1 saturated heterocycles. The number of halogens is 2. The van der Waals surface area contributed by atoms with Gasteiger partial charge in [-0.05, 0) is 25.7 Å². The molecule has 1 spiro atoms. The smallest absolute Gasteiger partial charge is 0.261 e. The topological polar surface area (TPSA) is 30.5 Å². The van der Waals surface area contributed by atoms with Crippen LogP contribution in [0, 0.1) is 0 Å². The molecule has 0 radical (unpaired) electrons. The van der Waals surface area contributed by atoms with Crippen LogP contribution in [-0.2, 0) is 9.47 Å². The molecule has 1 aliphatic heterocycles. The van der Waals surface area contributed by atoms with Gasteiger partial charge in [-0.15, -0.1) is 0 Å². The molecule has 2 fully saturated rings. The summed E-state index contributed by atoms with van der Waals surface area (Å²) in [6.07, 6.45) is 5.91. The Bertz CT molecular complexity index is 252. The summed E-state index contributed by atoms with van der Waals surface area (Å²) >= 11 is 0. The van der Waals surface area contributed by atoms with E-state index in [0.717, 1.165) is 19.4 Å². The molecule has 0 aromatic carbocycles. The summed E-state index contributed by atoms with van der Waals surface area (Å²) in [5, 5.41) is 3.42. The van der Waals surface area contributed by atoms with Crippen LogP contribution in [0.1, 0.15) is 44.9 Å². The molecule has 0 aromatic heterocycles. The van der Waals surface area contributed by atoms with Crippen molar-refractivity contribution in [2.45, 2.75) is 63.0 Å². The molecule has 0 bridgehead atoms. The summed E-state index contributed by atoms with van der Waals surface area (Å²) in [6, 6.07) is 0.446. The minimum absolute atomic E-state index is 0.0952. The van der Waals surface area contributed by atoms with Gasteiger partial charge in [0, 0.05) is 19.2 Å². The fraction of sp³-hybridized carbons (Fsp3) is 1.00. The van der Waals surface area contributed by atoms with Crippen molar-refractivity contribution in [2.24, 2.45) is 0 Å². The zero-order valence-electron chi connectivity index (χ0n) is 11.5. The highest BCUT2D eigenvalue weighted by atomic mass is 19.3. The van der Waals surface area contributed by atoms with Crippen molar-refractivity contribution in [2.75, 3.05) is 26.4 Å². The molecule has 1 heterocycles. The number of rotatable bonds is 6. The van der Waals surface area contributed by atoms with Gasteiger partial charge in [-0.25, -0.2) is 8.78 Å². The number of ether oxygens (including phenoxy) is 2. The van der Waals surface area contributed by atoms with Crippen LogP contribution in [0.25, 0.3) is 0 Å². The molecule has 0 aromatic rings. The van der Waals surface area contributed by atoms with Crippen molar-refractivity contribution in [3.05, 3.63) is 0 Å². The highest BCUT2D eigenvalue weighted by Crippen LogP contribution is 2.38. The second-order valence-electron chi connectivity index (χ2n) is 5.70. The van der Waals surface area contributed by atoms with E-state index in [2.05, 4.69) is 5.32 Å². The van der Waals surface area contributed by atoms with Gasteiger partial charge in [0.15, 0.2) is 0 Å². The first-order valence-electron chi connectivity index (χ1n) is 7.43. The second kappa shape index (κ2) is 7.50. The fourth-order valence-electron chi connectivity index (χ4n) is 3.25. The molecule has 1 N–H and O–H groups in total. The molecule has 19 heavy (non-hydrogen) atoms. The van der Waals surface area contributed by atoms with Crippen molar-refractivity contribution in [3.63, 3.8) is 0 Å². The van der Waals surface area contributed by atoms with Crippen LogP contribution in [0.2, 0.25) is 0 Å². The Kier molecular flexibility index (Phi) is 5.98. The lowest BCUT2D eigenvalue weighted by atomic mass is 9.78. The van der Waals surface area contributed by atoms with Crippen molar-refractivity contribution < 1.29 is 18.3 Å². The quantitative estimate of drug-likeness (QED) is 0.757. The predicted molar refractivity (Wildman–Crippen MR) is 69.6 cm³/mol. The predicted octanol–water partition coefficient (Wildman–Crippen LogP) is 2.74. The van der Waals surface area contributed by atoms with Crippen molar-refractivity contribution in [3.8, 4) is 0 Å². The first-order valence-corrected chi connectivity index (χ1v) is 7.43. The van der Waals surface area contributed by atoms with E-state index in [1.165, 1.54) is 32.1 Å². The Balaban J connectivity index is 1.64. The highest BCUT2D eigenvalue weighted by molar-refractivity contribution is 4.91. The second-order valence-corrected chi connectivity index (χ2v) is 5.70. The number of alkyl halides is 2. The summed E-state index contributed by atoms with van der Waals surface area (Å²) in [4.78, 5) is 0. The average molecular weight is 277 g/mol. The van der Waals surface area contributed by atoms with E-state index in [9.17, 15) is 8.78 Å². The molecule has 1 unspecified atom stereocenters. The third-order valence-corrected chi connectivity index (χ3v) is 4.18. The monoisotopic (exact) mass is 277 g/mol. The number of hydrogen-bond acceptors (Lipinski definition) is 3. The van der Waals surface area contributed by atoms with Gasteiger partial charge in [0.25, 0.3) is 6.43 Å². The SMILES string of the molecule is FC(F)COCCNC1CCOC2(CCCCC2)C1. The van der Waals surface area contributed by atoms with Crippen LogP contribution in [0.3, 0.4) is 0 Å². The summed E-state index contributed by atoms with van der Waals surface area (Å²) in [5.74, 6) is 0. The van der Waals surface area contributed by atoms with Crippen LogP contribution in [0.5, 0.6) is 0 Å². The van der Waals surface area contributed by atoms with Crippen LogP contribution < -0.4 is 5.32 Å². The van der Waals surface area contributed by atoms with E-state index >= 15 is 0 Å². The fourth-order valence-corrected chi connectivity index (χ4v) is 3.25. The maximum absolute atomic E-state index is 11.9. The zero-order valence-corrected chi connectivity index (χ0v) is 11.5. The first kappa shape index (κ1) is 15.1. The van der Waals surface area contributed by atoms with Gasteiger partial charge in [0.2, 0.25) is 0 Å². The Morgan fingerprint density at radius 3 is 2.79 bits per heavy atom. The molecule has 3 nitrogen and oxygen atoms in total. The lowest BCUT2D eigenvalue weighted by Gasteiger charge is -2.43. The molecule has 1 atom stereocenters. The summed E-state index contributed by atoms with van der Waals surface area (Å²) in [5.41, 5.74) is 0.0952. The van der Waals surface area contributed by atoms with Gasteiger partial charge in [-0.1, -0.05) is 19.3 Å². The minimum Gasteiger partial charge on any atom is -0.375 e. The van der Waals surface area contributed by atoms with Gasteiger partial charge in [0.1, 0.15) is 6.61 Å². The molecule has 5 heteroatoms. The number of hydrogen-bond donors (Lipinski definition) is 1.